The highest BCUT2D eigenvalue weighted by molar-refractivity contribution is 6.58. The molecule has 0 unspecified atom stereocenters. The fourth-order valence-corrected chi connectivity index (χ4v) is 8.07. The van der Waals surface area contributed by atoms with Crippen LogP contribution in [0.2, 0.25) is 18.1 Å². The smallest absolute Gasteiger partial charge is 0.0367 e. The predicted molar refractivity (Wildman–Crippen MR) is 136 cm³/mol. The Labute approximate surface area is 182 Å². The molecule has 0 saturated carbocycles. The zero-order chi connectivity index (χ0) is 20.5. The molecule has 28 heavy (non-hydrogen) atoms. The van der Waals surface area contributed by atoms with E-state index in [-0.39, 0.29) is 0 Å². The lowest BCUT2D eigenvalue weighted by Crippen LogP contribution is -2.12. The molecule has 0 bridgehead atoms. The maximum Gasteiger partial charge on any atom is 0.0367 e. The van der Waals surface area contributed by atoms with Gasteiger partial charge in [-0.05, 0) is 0 Å². The Morgan fingerprint density at radius 1 is 0.286 bits per heavy atom. The molecule has 0 nitrogen and oxygen atoms in total. The lowest BCUT2D eigenvalue weighted by molar-refractivity contribution is 0.591. The molecule has 0 atom stereocenters. The van der Waals surface area contributed by atoms with Gasteiger partial charge in [-0.15, -0.1) is 0 Å². The second kappa shape index (κ2) is 25.3. The summed E-state index contributed by atoms with van der Waals surface area (Å²) in [5, 5.41) is 0. The van der Waals surface area contributed by atoms with E-state index in [0.29, 0.717) is 0 Å². The Morgan fingerprint density at radius 3 is 0.750 bits per heavy atom. The van der Waals surface area contributed by atoms with Crippen LogP contribution >= 0.6 is 0 Å². The van der Waals surface area contributed by atoms with Crippen LogP contribution in [-0.4, -0.2) is 8.80 Å². The van der Waals surface area contributed by atoms with Crippen LogP contribution in [0.25, 0.3) is 0 Å². The first-order chi connectivity index (χ1) is 13.8. The highest BCUT2D eigenvalue weighted by Gasteiger charge is 2.10. The average molecular weight is 411 g/mol. The van der Waals surface area contributed by atoms with Gasteiger partial charge in [0.25, 0.3) is 0 Å². The van der Waals surface area contributed by atoms with Crippen LogP contribution in [0.5, 0.6) is 0 Å². The van der Waals surface area contributed by atoms with Gasteiger partial charge in [-0.25, -0.2) is 0 Å². The van der Waals surface area contributed by atoms with E-state index >= 15 is 0 Å². The van der Waals surface area contributed by atoms with Crippen LogP contribution in [-0.2, 0) is 0 Å². The van der Waals surface area contributed by atoms with E-state index in [4.69, 9.17) is 0 Å². The van der Waals surface area contributed by atoms with Crippen LogP contribution in [0, 0.1) is 0 Å². The second-order valence-electron chi connectivity index (χ2n) is 9.60. The van der Waals surface area contributed by atoms with Crippen molar-refractivity contribution < 1.29 is 0 Å². The molecular formula is C27H58Si. The molecule has 0 aromatic rings. The largest absolute Gasteiger partial charge is 0.0654 e. The molecule has 0 saturated heterocycles. The molecule has 0 aliphatic rings. The number of hydrogen-bond donors (Lipinski definition) is 0. The quantitative estimate of drug-likeness (QED) is 0.110. The number of rotatable bonds is 24. The van der Waals surface area contributed by atoms with Gasteiger partial charge < -0.3 is 0 Å². The fourth-order valence-electron chi connectivity index (χ4n) is 4.60. The SMILES string of the molecule is CCCCCCCCC[SiH](CCCCCCCCC)CCCCCCCCC. The molecule has 0 aliphatic heterocycles. The molecule has 1 heteroatoms. The van der Waals surface area contributed by atoms with Gasteiger partial charge in [0.1, 0.15) is 0 Å². The van der Waals surface area contributed by atoms with Crippen LogP contribution < -0.4 is 0 Å². The monoisotopic (exact) mass is 410 g/mol. The van der Waals surface area contributed by atoms with Gasteiger partial charge in [-0.1, -0.05) is 174 Å². The zero-order valence-electron chi connectivity index (χ0n) is 20.5. The summed E-state index contributed by atoms with van der Waals surface area (Å²) in [5.41, 5.74) is 0. The summed E-state index contributed by atoms with van der Waals surface area (Å²) in [6.07, 6.45) is 31.2. The van der Waals surface area contributed by atoms with Crippen molar-refractivity contribution in [3.05, 3.63) is 0 Å². The maximum absolute atomic E-state index is 2.32. The third-order valence-electron chi connectivity index (χ3n) is 6.65. The van der Waals surface area contributed by atoms with Gasteiger partial charge in [0.2, 0.25) is 0 Å². The average Bonchev–Trinajstić information content (AvgIpc) is 2.71. The Kier molecular flexibility index (Phi) is 25.4. The minimum Gasteiger partial charge on any atom is -0.0654 e. The molecule has 0 fully saturated rings. The molecular weight excluding hydrogens is 352 g/mol. The van der Waals surface area contributed by atoms with Crippen LogP contribution in [0.1, 0.15) is 156 Å². The Balaban J connectivity index is 3.80. The van der Waals surface area contributed by atoms with Crippen molar-refractivity contribution in [1.82, 2.24) is 0 Å². The van der Waals surface area contributed by atoms with Crippen LogP contribution in [0.15, 0.2) is 0 Å². The summed E-state index contributed by atoms with van der Waals surface area (Å²) in [6.45, 7) is 6.97. The van der Waals surface area contributed by atoms with Gasteiger partial charge in [-0.2, -0.15) is 0 Å². The predicted octanol–water partition coefficient (Wildman–Crippen LogP) is 10.5. The van der Waals surface area contributed by atoms with E-state index in [0.717, 1.165) is 0 Å². The summed E-state index contributed by atoms with van der Waals surface area (Å²) in [5.74, 6) is 0. The molecule has 0 aliphatic carbocycles. The summed E-state index contributed by atoms with van der Waals surface area (Å²) in [7, 11) is -0.428. The van der Waals surface area contributed by atoms with Crippen molar-refractivity contribution in [3.63, 3.8) is 0 Å². The third-order valence-corrected chi connectivity index (χ3v) is 10.3. The zero-order valence-corrected chi connectivity index (χ0v) is 21.7. The standard InChI is InChI=1S/C27H58Si/c1-4-7-10-13-16-19-22-25-28(26-23-20-17-14-11-8-5-2)27-24-21-18-15-12-9-6-3/h28H,4-27H2,1-3H3. The molecule has 0 amide bonds. The highest BCUT2D eigenvalue weighted by Crippen LogP contribution is 2.20. The Hall–Kier alpha value is 0.217. The molecule has 0 rings (SSSR count). The number of unbranched alkanes of at least 4 members (excludes halogenated alkanes) is 18. The van der Waals surface area contributed by atoms with Crippen LogP contribution in [0.3, 0.4) is 0 Å². The van der Waals surface area contributed by atoms with Crippen molar-refractivity contribution in [3.8, 4) is 0 Å². The van der Waals surface area contributed by atoms with Crippen molar-refractivity contribution in [2.45, 2.75) is 174 Å². The molecule has 0 aromatic heterocycles. The summed E-state index contributed by atoms with van der Waals surface area (Å²) in [6, 6.07) is 5.00. The topological polar surface area (TPSA) is 0 Å². The first kappa shape index (κ1) is 28.2. The van der Waals surface area contributed by atoms with E-state index in [1.165, 1.54) is 116 Å². The fraction of sp³-hybridized carbons (Fsp3) is 1.00. The third kappa shape index (κ3) is 22.5. The molecule has 0 heterocycles. The van der Waals surface area contributed by atoms with Crippen molar-refractivity contribution in [2.24, 2.45) is 0 Å². The van der Waals surface area contributed by atoms with Gasteiger partial charge in [-0.3, -0.25) is 0 Å². The van der Waals surface area contributed by atoms with Gasteiger partial charge in [0.05, 0.1) is 0 Å². The Bertz CT molecular complexity index is 220. The molecule has 0 spiro atoms. The van der Waals surface area contributed by atoms with E-state index in [9.17, 15) is 0 Å². The second-order valence-corrected chi connectivity index (χ2v) is 13.1. The van der Waals surface area contributed by atoms with E-state index in [1.54, 1.807) is 37.4 Å². The van der Waals surface area contributed by atoms with Gasteiger partial charge in [0, 0.05) is 8.80 Å². The molecule has 0 N–H and O–H groups in total. The summed E-state index contributed by atoms with van der Waals surface area (Å²) >= 11 is 0. The molecule has 0 radical (unpaired) electrons. The maximum atomic E-state index is 2.32. The highest BCUT2D eigenvalue weighted by atomic mass is 28.3. The van der Waals surface area contributed by atoms with Crippen molar-refractivity contribution >= 4 is 8.80 Å². The van der Waals surface area contributed by atoms with Crippen molar-refractivity contribution in [1.29, 1.82) is 0 Å². The first-order valence-electron chi connectivity index (χ1n) is 13.8. The first-order valence-corrected chi connectivity index (χ1v) is 16.3. The minimum absolute atomic E-state index is 0.428. The van der Waals surface area contributed by atoms with Crippen LogP contribution in [0.4, 0.5) is 0 Å². The minimum atomic E-state index is -0.428. The lowest BCUT2D eigenvalue weighted by Gasteiger charge is -2.15. The number of hydrogen-bond acceptors (Lipinski definition) is 0. The normalized spacial score (nSPS) is 11.6. The lowest BCUT2D eigenvalue weighted by atomic mass is 10.1. The Morgan fingerprint density at radius 2 is 0.500 bits per heavy atom. The summed E-state index contributed by atoms with van der Waals surface area (Å²) < 4.78 is 0. The van der Waals surface area contributed by atoms with E-state index < -0.39 is 8.80 Å². The summed E-state index contributed by atoms with van der Waals surface area (Å²) in [4.78, 5) is 0. The molecule has 170 valence electrons. The van der Waals surface area contributed by atoms with Gasteiger partial charge >= 0.3 is 0 Å². The van der Waals surface area contributed by atoms with Crippen molar-refractivity contribution in [2.75, 3.05) is 0 Å². The van der Waals surface area contributed by atoms with E-state index in [2.05, 4.69) is 20.8 Å². The van der Waals surface area contributed by atoms with E-state index in [1.807, 2.05) is 0 Å². The molecule has 0 aromatic carbocycles. The van der Waals surface area contributed by atoms with Gasteiger partial charge in [0.15, 0.2) is 0 Å².